The van der Waals surface area contributed by atoms with Gasteiger partial charge in [-0.1, -0.05) is 13.8 Å². The van der Waals surface area contributed by atoms with Crippen LogP contribution >= 0.6 is 11.3 Å². The molecule has 118 valence electrons. The number of aromatic nitrogens is 1. The van der Waals surface area contributed by atoms with Crippen molar-refractivity contribution in [1.29, 1.82) is 0 Å². The lowest BCUT2D eigenvalue weighted by molar-refractivity contribution is -0.169. The number of anilines is 1. The van der Waals surface area contributed by atoms with Crippen molar-refractivity contribution in [3.63, 3.8) is 0 Å². The summed E-state index contributed by atoms with van der Waals surface area (Å²) in [5.74, 6) is -0.766. The summed E-state index contributed by atoms with van der Waals surface area (Å²) in [5, 5.41) is 2.59. The second-order valence-corrected chi connectivity index (χ2v) is 5.44. The molecule has 3 rings (SSSR count). The number of rotatable bonds is 2. The Balaban J connectivity index is 0.000000774. The van der Waals surface area contributed by atoms with E-state index in [1.54, 1.807) is 5.38 Å². The third-order valence-corrected chi connectivity index (χ3v) is 4.40. The molecule has 0 saturated carbocycles. The maximum atomic E-state index is 11.4. The number of nitrogens with zero attached hydrogens (tertiary/aromatic N) is 2. The number of piperidine rings is 1. The zero-order valence-corrected chi connectivity index (χ0v) is 13.6. The third kappa shape index (κ3) is 3.53. The maximum Gasteiger partial charge on any atom is 0.357 e. The van der Waals surface area contributed by atoms with Gasteiger partial charge in [-0.15, -0.1) is 11.3 Å². The first-order valence-corrected chi connectivity index (χ1v) is 8.17. The van der Waals surface area contributed by atoms with Crippen molar-refractivity contribution < 1.29 is 19.0 Å². The van der Waals surface area contributed by atoms with Gasteiger partial charge in [-0.2, -0.15) is 0 Å². The molecule has 0 aromatic carbocycles. The topological polar surface area (TPSA) is 60.9 Å². The standard InChI is InChI=1S/C12H16N2O4S.C2H6/c1-16-10(15)9-8-19-11(13-9)14-4-2-12(3-5-14)17-6-7-18-12;1-2/h8H,2-7H2,1H3;1-2H3. The average Bonchev–Trinajstić information content (AvgIpc) is 3.20. The predicted molar refractivity (Wildman–Crippen MR) is 80.9 cm³/mol. The number of ether oxygens (including phenoxy) is 3. The molecule has 2 aliphatic rings. The van der Waals surface area contributed by atoms with Crippen LogP contribution in [0.4, 0.5) is 5.13 Å². The van der Waals surface area contributed by atoms with E-state index in [4.69, 9.17) is 9.47 Å². The Bertz CT molecular complexity index is 461. The lowest BCUT2D eigenvalue weighted by Gasteiger charge is -2.37. The molecule has 21 heavy (non-hydrogen) atoms. The SMILES string of the molecule is CC.COC(=O)c1csc(N2CCC3(CC2)OCCO3)n1. The minimum absolute atomic E-state index is 0.371. The Morgan fingerprint density at radius 3 is 2.52 bits per heavy atom. The van der Waals surface area contributed by atoms with E-state index in [2.05, 4.69) is 14.6 Å². The van der Waals surface area contributed by atoms with Gasteiger partial charge in [-0.05, 0) is 0 Å². The molecule has 0 N–H and O–H groups in total. The first-order valence-electron chi connectivity index (χ1n) is 7.29. The Kier molecular flexibility index (Phi) is 5.55. The van der Waals surface area contributed by atoms with Gasteiger partial charge in [0.25, 0.3) is 0 Å². The quantitative estimate of drug-likeness (QED) is 0.781. The van der Waals surface area contributed by atoms with Crippen LogP contribution in [0.15, 0.2) is 5.38 Å². The van der Waals surface area contributed by atoms with Gasteiger partial charge in [-0.3, -0.25) is 0 Å². The van der Waals surface area contributed by atoms with Gasteiger partial charge in [-0.25, -0.2) is 9.78 Å². The smallest absolute Gasteiger partial charge is 0.357 e. The number of hydrogen-bond acceptors (Lipinski definition) is 7. The highest BCUT2D eigenvalue weighted by molar-refractivity contribution is 7.13. The van der Waals surface area contributed by atoms with Crippen molar-refractivity contribution in [1.82, 2.24) is 4.98 Å². The van der Waals surface area contributed by atoms with Gasteiger partial charge < -0.3 is 19.1 Å². The number of carbonyl (C=O) groups excluding carboxylic acids is 1. The summed E-state index contributed by atoms with van der Waals surface area (Å²) < 4.78 is 16.0. The van der Waals surface area contributed by atoms with Crippen molar-refractivity contribution in [2.24, 2.45) is 0 Å². The predicted octanol–water partition coefficient (Wildman–Crippen LogP) is 2.30. The third-order valence-electron chi connectivity index (χ3n) is 3.50. The maximum absolute atomic E-state index is 11.4. The highest BCUT2D eigenvalue weighted by atomic mass is 32.1. The molecule has 0 radical (unpaired) electrons. The van der Waals surface area contributed by atoms with Crippen LogP contribution in [0.3, 0.4) is 0 Å². The molecule has 1 aromatic heterocycles. The Morgan fingerprint density at radius 2 is 1.95 bits per heavy atom. The fourth-order valence-corrected chi connectivity index (χ4v) is 3.28. The molecule has 1 aromatic rings. The summed E-state index contributed by atoms with van der Waals surface area (Å²) in [6.45, 7) is 7.02. The number of thiazole rings is 1. The second-order valence-electron chi connectivity index (χ2n) is 4.60. The minimum atomic E-state index is -0.390. The molecule has 0 atom stereocenters. The molecule has 2 saturated heterocycles. The minimum Gasteiger partial charge on any atom is -0.464 e. The summed E-state index contributed by atoms with van der Waals surface area (Å²) >= 11 is 1.46. The van der Waals surface area contributed by atoms with Crippen LogP contribution in [0.2, 0.25) is 0 Å². The van der Waals surface area contributed by atoms with Crippen LogP contribution in [-0.2, 0) is 14.2 Å². The summed E-state index contributed by atoms with van der Waals surface area (Å²) in [5.41, 5.74) is 0.371. The second kappa shape index (κ2) is 7.20. The molecule has 2 fully saturated rings. The van der Waals surface area contributed by atoms with Crippen molar-refractivity contribution in [3.8, 4) is 0 Å². The van der Waals surface area contributed by atoms with Crippen LogP contribution < -0.4 is 4.90 Å². The fraction of sp³-hybridized carbons (Fsp3) is 0.714. The number of esters is 1. The Hall–Kier alpha value is -1.18. The summed E-state index contributed by atoms with van der Waals surface area (Å²) in [6.07, 6.45) is 1.67. The lowest BCUT2D eigenvalue weighted by atomic mass is 10.0. The molecule has 1 spiro atoms. The van der Waals surface area contributed by atoms with Gasteiger partial charge in [0.15, 0.2) is 16.6 Å². The molecule has 0 bridgehead atoms. The van der Waals surface area contributed by atoms with Crippen LogP contribution in [0, 0.1) is 0 Å². The van der Waals surface area contributed by atoms with Crippen molar-refractivity contribution in [2.75, 3.05) is 38.3 Å². The van der Waals surface area contributed by atoms with E-state index >= 15 is 0 Å². The molecule has 0 amide bonds. The lowest BCUT2D eigenvalue weighted by Crippen LogP contribution is -2.45. The van der Waals surface area contributed by atoms with Crippen molar-refractivity contribution in [2.45, 2.75) is 32.5 Å². The largest absolute Gasteiger partial charge is 0.464 e. The van der Waals surface area contributed by atoms with Gasteiger partial charge in [0, 0.05) is 31.3 Å². The summed E-state index contributed by atoms with van der Waals surface area (Å²) in [6, 6.07) is 0. The van der Waals surface area contributed by atoms with Crippen LogP contribution in [0.1, 0.15) is 37.2 Å². The molecule has 7 heteroatoms. The summed E-state index contributed by atoms with van der Waals surface area (Å²) in [7, 11) is 1.36. The van der Waals surface area contributed by atoms with E-state index in [-0.39, 0.29) is 5.79 Å². The van der Waals surface area contributed by atoms with E-state index in [9.17, 15) is 4.79 Å². The van der Waals surface area contributed by atoms with E-state index in [1.165, 1.54) is 18.4 Å². The molecule has 3 heterocycles. The highest BCUT2D eigenvalue weighted by Crippen LogP contribution is 2.34. The zero-order chi connectivity index (χ0) is 15.3. The number of carbonyl (C=O) groups is 1. The zero-order valence-electron chi connectivity index (χ0n) is 12.8. The monoisotopic (exact) mass is 314 g/mol. The number of hydrogen-bond donors (Lipinski definition) is 0. The van der Waals surface area contributed by atoms with E-state index < -0.39 is 5.97 Å². The molecular formula is C14H22N2O4S. The first kappa shape index (κ1) is 16.2. The molecule has 0 aliphatic carbocycles. The van der Waals surface area contributed by atoms with Gasteiger partial charge in [0.05, 0.1) is 20.3 Å². The normalized spacial score (nSPS) is 20.0. The molecule has 0 unspecified atom stereocenters. The molecular weight excluding hydrogens is 292 g/mol. The van der Waals surface area contributed by atoms with Gasteiger partial charge in [0.2, 0.25) is 0 Å². The Morgan fingerprint density at radius 1 is 1.33 bits per heavy atom. The highest BCUT2D eigenvalue weighted by Gasteiger charge is 2.40. The Labute approximate surface area is 129 Å². The fourth-order valence-electron chi connectivity index (χ4n) is 2.43. The first-order chi connectivity index (χ1) is 10.2. The molecule has 6 nitrogen and oxygen atoms in total. The van der Waals surface area contributed by atoms with Crippen LogP contribution in [-0.4, -0.2) is 50.2 Å². The molecule has 2 aliphatic heterocycles. The van der Waals surface area contributed by atoms with Crippen molar-refractivity contribution >= 4 is 22.4 Å². The average molecular weight is 314 g/mol. The number of methoxy groups -OCH3 is 1. The van der Waals surface area contributed by atoms with Crippen molar-refractivity contribution in [3.05, 3.63) is 11.1 Å². The van der Waals surface area contributed by atoms with E-state index in [1.807, 2.05) is 13.8 Å². The summed E-state index contributed by atoms with van der Waals surface area (Å²) in [4.78, 5) is 17.8. The van der Waals surface area contributed by atoms with E-state index in [0.29, 0.717) is 18.9 Å². The van der Waals surface area contributed by atoms with Gasteiger partial charge in [0.1, 0.15) is 0 Å². The van der Waals surface area contributed by atoms with Crippen LogP contribution in [0.5, 0.6) is 0 Å². The van der Waals surface area contributed by atoms with E-state index in [0.717, 1.165) is 31.1 Å². The van der Waals surface area contributed by atoms with Gasteiger partial charge >= 0.3 is 5.97 Å². The van der Waals surface area contributed by atoms with Crippen LogP contribution in [0.25, 0.3) is 0 Å².